The number of methoxy groups -OCH3 is 2. The molecular weight excluding hydrogens is 430 g/mol. The van der Waals surface area contributed by atoms with Gasteiger partial charge in [-0.2, -0.15) is 4.31 Å². The van der Waals surface area contributed by atoms with Gasteiger partial charge in [0.1, 0.15) is 11.5 Å². The number of benzene rings is 2. The molecule has 10 heteroatoms. The van der Waals surface area contributed by atoms with Gasteiger partial charge in [-0.25, -0.2) is 8.42 Å². The lowest BCUT2D eigenvalue weighted by Crippen LogP contribution is -2.50. The van der Waals surface area contributed by atoms with Gasteiger partial charge >= 0.3 is 0 Å². The zero-order chi connectivity index (χ0) is 21.7. The normalized spacial score (nSPS) is 15.6. The van der Waals surface area contributed by atoms with Gasteiger partial charge in [0, 0.05) is 31.9 Å². The number of ether oxygens (including phenoxy) is 2. The monoisotopic (exact) mass is 453 g/mol. The molecule has 2 aromatic carbocycles. The van der Waals surface area contributed by atoms with Crippen molar-refractivity contribution < 1.29 is 22.7 Å². The summed E-state index contributed by atoms with van der Waals surface area (Å²) in [7, 11) is -0.523. The van der Waals surface area contributed by atoms with Crippen molar-refractivity contribution in [2.75, 3.05) is 52.3 Å². The minimum Gasteiger partial charge on any atom is -0.497 e. The van der Waals surface area contributed by atoms with E-state index in [1.165, 1.54) is 30.7 Å². The van der Waals surface area contributed by atoms with Crippen LogP contribution in [0.1, 0.15) is 0 Å². The van der Waals surface area contributed by atoms with Crippen molar-refractivity contribution in [1.29, 1.82) is 0 Å². The molecule has 1 aliphatic rings. The first-order valence-electron chi connectivity index (χ1n) is 9.33. The summed E-state index contributed by atoms with van der Waals surface area (Å²) in [5.74, 6) is 0.939. The molecule has 0 aromatic heterocycles. The Morgan fingerprint density at radius 3 is 2.27 bits per heavy atom. The van der Waals surface area contributed by atoms with Crippen LogP contribution in [0.5, 0.6) is 11.5 Å². The smallest absolute Gasteiger partial charge is 0.243 e. The van der Waals surface area contributed by atoms with Crippen molar-refractivity contribution in [2.45, 2.75) is 4.90 Å². The fourth-order valence-corrected chi connectivity index (χ4v) is 4.85. The van der Waals surface area contributed by atoms with Gasteiger partial charge in [0.15, 0.2) is 0 Å². The molecule has 8 nitrogen and oxygen atoms in total. The van der Waals surface area contributed by atoms with Gasteiger partial charge in [-0.3, -0.25) is 9.69 Å². The molecule has 1 aliphatic heterocycles. The summed E-state index contributed by atoms with van der Waals surface area (Å²) in [5.41, 5.74) is 0.575. The molecule has 0 unspecified atom stereocenters. The third-order valence-electron chi connectivity index (χ3n) is 4.83. The van der Waals surface area contributed by atoms with Crippen LogP contribution in [0.15, 0.2) is 47.4 Å². The minimum absolute atomic E-state index is 0.167. The highest BCUT2D eigenvalue weighted by Crippen LogP contribution is 2.27. The summed E-state index contributed by atoms with van der Waals surface area (Å²) in [4.78, 5) is 14.5. The zero-order valence-corrected chi connectivity index (χ0v) is 18.4. The summed E-state index contributed by atoms with van der Waals surface area (Å²) < 4.78 is 37.2. The Labute approximate surface area is 181 Å². The summed E-state index contributed by atoms with van der Waals surface area (Å²) in [6, 6.07) is 11.3. The lowest BCUT2D eigenvalue weighted by molar-refractivity contribution is -0.117. The number of piperazine rings is 1. The number of carbonyl (C=O) groups is 1. The van der Waals surface area contributed by atoms with E-state index in [1.54, 1.807) is 30.3 Å². The van der Waals surface area contributed by atoms with Crippen LogP contribution >= 0.6 is 11.6 Å². The fraction of sp³-hybridized carbons (Fsp3) is 0.350. The molecule has 1 saturated heterocycles. The average molecular weight is 454 g/mol. The quantitative estimate of drug-likeness (QED) is 0.692. The zero-order valence-electron chi connectivity index (χ0n) is 16.8. The van der Waals surface area contributed by atoms with Crippen LogP contribution in [0.3, 0.4) is 0 Å². The predicted molar refractivity (Wildman–Crippen MR) is 115 cm³/mol. The van der Waals surface area contributed by atoms with E-state index < -0.39 is 10.0 Å². The van der Waals surface area contributed by atoms with Crippen LogP contribution in [-0.4, -0.2) is 70.5 Å². The first-order valence-corrected chi connectivity index (χ1v) is 11.2. The highest BCUT2D eigenvalue weighted by Gasteiger charge is 2.29. The average Bonchev–Trinajstić information content (AvgIpc) is 2.74. The second-order valence-corrected chi connectivity index (χ2v) is 9.10. The second-order valence-electron chi connectivity index (χ2n) is 6.75. The Balaban J connectivity index is 1.53. The van der Waals surface area contributed by atoms with Crippen molar-refractivity contribution in [2.24, 2.45) is 0 Å². The van der Waals surface area contributed by atoms with E-state index in [0.29, 0.717) is 48.4 Å². The highest BCUT2D eigenvalue weighted by atomic mass is 35.5. The molecule has 0 radical (unpaired) electrons. The number of nitrogens with zero attached hydrogens (tertiary/aromatic N) is 2. The van der Waals surface area contributed by atoms with Gasteiger partial charge in [-0.1, -0.05) is 11.6 Å². The Hall–Kier alpha value is -2.33. The molecule has 30 heavy (non-hydrogen) atoms. The molecule has 0 atom stereocenters. The van der Waals surface area contributed by atoms with E-state index in [2.05, 4.69) is 5.32 Å². The van der Waals surface area contributed by atoms with Gasteiger partial charge in [-0.05, 0) is 42.5 Å². The summed E-state index contributed by atoms with van der Waals surface area (Å²) in [6.45, 7) is 1.73. The first kappa shape index (κ1) is 22.4. The van der Waals surface area contributed by atoms with Crippen LogP contribution in [-0.2, 0) is 14.8 Å². The van der Waals surface area contributed by atoms with E-state index in [9.17, 15) is 13.2 Å². The number of rotatable bonds is 7. The fourth-order valence-electron chi connectivity index (χ4n) is 3.17. The number of hydrogen-bond donors (Lipinski definition) is 1. The van der Waals surface area contributed by atoms with E-state index in [0.717, 1.165) is 0 Å². The van der Waals surface area contributed by atoms with Gasteiger partial charge in [-0.15, -0.1) is 0 Å². The Kier molecular flexibility index (Phi) is 7.19. The van der Waals surface area contributed by atoms with E-state index in [-0.39, 0.29) is 17.3 Å². The Morgan fingerprint density at radius 1 is 1.03 bits per heavy atom. The molecule has 1 fully saturated rings. The number of anilines is 1. The predicted octanol–water partition coefficient (Wildman–Crippen LogP) is 2.30. The van der Waals surface area contributed by atoms with Gasteiger partial charge in [0.2, 0.25) is 15.9 Å². The molecule has 1 heterocycles. The standard InChI is InChI=1S/C20H24ClN3O5S/c1-28-16-4-6-17(7-5-16)30(26,27)24-11-9-23(10-12-24)14-20(25)22-15-3-8-19(29-2)18(21)13-15/h3-8,13H,9-12,14H2,1-2H3,(H,22,25). The maximum absolute atomic E-state index is 12.8. The first-order chi connectivity index (χ1) is 14.3. The van der Waals surface area contributed by atoms with Gasteiger partial charge in [0.05, 0.1) is 30.7 Å². The van der Waals surface area contributed by atoms with Gasteiger partial charge in [0.25, 0.3) is 0 Å². The number of nitrogens with one attached hydrogen (secondary N) is 1. The van der Waals surface area contributed by atoms with E-state index in [1.807, 2.05) is 4.90 Å². The molecule has 0 spiro atoms. The second kappa shape index (κ2) is 9.65. The van der Waals surface area contributed by atoms with Crippen LogP contribution in [0.25, 0.3) is 0 Å². The molecule has 0 saturated carbocycles. The highest BCUT2D eigenvalue weighted by molar-refractivity contribution is 7.89. The van der Waals surface area contributed by atoms with Crippen LogP contribution in [0.4, 0.5) is 5.69 Å². The Morgan fingerprint density at radius 2 is 1.70 bits per heavy atom. The number of hydrogen-bond acceptors (Lipinski definition) is 6. The van der Waals surface area contributed by atoms with Crippen LogP contribution in [0.2, 0.25) is 5.02 Å². The molecule has 2 aromatic rings. The van der Waals surface area contributed by atoms with Crippen molar-refractivity contribution in [3.63, 3.8) is 0 Å². The van der Waals surface area contributed by atoms with Crippen molar-refractivity contribution >= 4 is 33.2 Å². The van der Waals surface area contributed by atoms with E-state index >= 15 is 0 Å². The Bertz CT molecular complexity index is 990. The maximum Gasteiger partial charge on any atom is 0.243 e. The van der Waals surface area contributed by atoms with Crippen molar-refractivity contribution in [3.8, 4) is 11.5 Å². The number of halogens is 1. The number of carbonyl (C=O) groups excluding carboxylic acids is 1. The largest absolute Gasteiger partial charge is 0.497 e. The van der Waals surface area contributed by atoms with Crippen LogP contribution < -0.4 is 14.8 Å². The molecule has 162 valence electrons. The molecular formula is C20H24ClN3O5S. The topological polar surface area (TPSA) is 88.2 Å². The SMILES string of the molecule is COc1ccc(S(=O)(=O)N2CCN(CC(=O)Nc3ccc(OC)c(Cl)c3)CC2)cc1. The van der Waals surface area contributed by atoms with Crippen molar-refractivity contribution in [1.82, 2.24) is 9.21 Å². The molecule has 0 aliphatic carbocycles. The van der Waals surface area contributed by atoms with Gasteiger partial charge < -0.3 is 14.8 Å². The summed E-state index contributed by atoms with van der Waals surface area (Å²) >= 11 is 6.07. The third-order valence-corrected chi connectivity index (χ3v) is 7.04. The minimum atomic E-state index is -3.57. The van der Waals surface area contributed by atoms with Crippen molar-refractivity contribution in [3.05, 3.63) is 47.5 Å². The summed E-state index contributed by atoms with van der Waals surface area (Å²) in [6.07, 6.45) is 0. The molecule has 1 amide bonds. The lowest BCUT2D eigenvalue weighted by atomic mass is 10.3. The lowest BCUT2D eigenvalue weighted by Gasteiger charge is -2.33. The molecule has 0 bridgehead atoms. The number of amides is 1. The molecule has 1 N–H and O–H groups in total. The number of sulfonamides is 1. The third kappa shape index (κ3) is 5.23. The maximum atomic E-state index is 12.8. The molecule has 3 rings (SSSR count). The summed E-state index contributed by atoms with van der Waals surface area (Å²) in [5, 5.41) is 3.21. The van der Waals surface area contributed by atoms with Crippen LogP contribution in [0, 0.1) is 0 Å². The van der Waals surface area contributed by atoms with E-state index in [4.69, 9.17) is 21.1 Å².